The van der Waals surface area contributed by atoms with E-state index in [1.165, 1.54) is 18.2 Å². The lowest BCUT2D eigenvalue weighted by Gasteiger charge is -2.11. The van der Waals surface area contributed by atoms with Gasteiger partial charge < -0.3 is 14.6 Å². The van der Waals surface area contributed by atoms with Gasteiger partial charge >= 0.3 is 11.9 Å². The molecule has 1 aromatic rings. The van der Waals surface area contributed by atoms with Gasteiger partial charge in [0.2, 0.25) is 0 Å². The lowest BCUT2D eigenvalue weighted by molar-refractivity contribution is -0.149. The molecule has 98 valence electrons. The third-order valence-corrected chi connectivity index (χ3v) is 2.12. The summed E-state index contributed by atoms with van der Waals surface area (Å²) in [5.74, 6) is -1.66. The van der Waals surface area contributed by atoms with Crippen molar-refractivity contribution in [3.63, 3.8) is 0 Å². The van der Waals surface area contributed by atoms with Crippen LogP contribution in [0.2, 0.25) is 5.02 Å². The molecular formula is C12H13ClO5. The third kappa shape index (κ3) is 4.25. The quantitative estimate of drug-likeness (QED) is 0.833. The second-order valence-electron chi connectivity index (χ2n) is 3.77. The Balaban J connectivity index is 2.73. The normalized spacial score (nSPS) is 10.2. The largest absolute Gasteiger partial charge is 0.481 e. The number of carbonyl (C=O) groups is 2. The van der Waals surface area contributed by atoms with E-state index in [0.717, 1.165) is 0 Å². The molecule has 0 aliphatic rings. The Morgan fingerprint density at radius 3 is 2.61 bits per heavy atom. The highest BCUT2D eigenvalue weighted by Crippen LogP contribution is 2.22. The lowest BCUT2D eigenvalue weighted by Crippen LogP contribution is -2.19. The second-order valence-corrected chi connectivity index (χ2v) is 4.21. The maximum Gasteiger partial charge on any atom is 0.344 e. The van der Waals surface area contributed by atoms with Crippen molar-refractivity contribution < 1.29 is 24.2 Å². The van der Waals surface area contributed by atoms with E-state index in [4.69, 9.17) is 26.2 Å². The number of aromatic carboxylic acids is 1. The predicted octanol–water partition coefficient (Wildman–Crippen LogP) is 2.37. The second kappa shape index (κ2) is 6.26. The van der Waals surface area contributed by atoms with Crippen molar-refractivity contribution in [3.05, 3.63) is 28.8 Å². The molecule has 0 bridgehead atoms. The van der Waals surface area contributed by atoms with E-state index in [1.54, 1.807) is 13.8 Å². The van der Waals surface area contributed by atoms with Crippen LogP contribution in [-0.2, 0) is 9.53 Å². The van der Waals surface area contributed by atoms with Gasteiger partial charge in [0.15, 0.2) is 6.61 Å². The van der Waals surface area contributed by atoms with E-state index < -0.39 is 11.9 Å². The molecule has 0 aliphatic carbocycles. The van der Waals surface area contributed by atoms with Crippen molar-refractivity contribution in [2.75, 3.05) is 6.61 Å². The van der Waals surface area contributed by atoms with Gasteiger partial charge in [0, 0.05) is 5.02 Å². The molecule has 0 spiro atoms. The van der Waals surface area contributed by atoms with Crippen LogP contribution in [0.3, 0.4) is 0 Å². The molecule has 0 aliphatic heterocycles. The Hall–Kier alpha value is -1.75. The van der Waals surface area contributed by atoms with E-state index in [2.05, 4.69) is 0 Å². The summed E-state index contributed by atoms with van der Waals surface area (Å²) in [6, 6.07) is 4.14. The zero-order valence-electron chi connectivity index (χ0n) is 9.97. The Morgan fingerprint density at radius 2 is 2.06 bits per heavy atom. The van der Waals surface area contributed by atoms with Crippen molar-refractivity contribution in [2.45, 2.75) is 20.0 Å². The van der Waals surface area contributed by atoms with Crippen LogP contribution in [0.15, 0.2) is 18.2 Å². The van der Waals surface area contributed by atoms with Gasteiger partial charge in [-0.2, -0.15) is 0 Å². The summed E-state index contributed by atoms with van der Waals surface area (Å²) in [4.78, 5) is 22.2. The van der Waals surface area contributed by atoms with Crippen LogP contribution >= 0.6 is 11.6 Å². The number of rotatable bonds is 5. The zero-order chi connectivity index (χ0) is 13.7. The number of ether oxygens (including phenoxy) is 2. The number of carboxylic acids is 1. The van der Waals surface area contributed by atoms with Gasteiger partial charge in [-0.3, -0.25) is 0 Å². The lowest BCUT2D eigenvalue weighted by atomic mass is 10.2. The molecule has 0 amide bonds. The molecule has 1 N–H and O–H groups in total. The van der Waals surface area contributed by atoms with Gasteiger partial charge in [-0.05, 0) is 32.0 Å². The fourth-order valence-corrected chi connectivity index (χ4v) is 1.40. The fourth-order valence-electron chi connectivity index (χ4n) is 1.23. The molecule has 1 aromatic carbocycles. The molecule has 0 unspecified atom stereocenters. The third-order valence-electron chi connectivity index (χ3n) is 1.88. The smallest absolute Gasteiger partial charge is 0.344 e. The van der Waals surface area contributed by atoms with Crippen LogP contribution in [0.1, 0.15) is 24.2 Å². The van der Waals surface area contributed by atoms with E-state index in [1.807, 2.05) is 0 Å². The standard InChI is InChI=1S/C12H13ClO5/c1-7(2)18-11(14)6-17-10-4-3-8(13)5-9(10)12(15)16/h3-5,7H,6H2,1-2H3,(H,15,16). The summed E-state index contributed by atoms with van der Waals surface area (Å²) in [6.07, 6.45) is -0.245. The average Bonchev–Trinajstić information content (AvgIpc) is 2.26. The van der Waals surface area contributed by atoms with E-state index >= 15 is 0 Å². The first-order chi connectivity index (χ1) is 8.40. The van der Waals surface area contributed by atoms with Gasteiger partial charge in [0.05, 0.1) is 6.10 Å². The van der Waals surface area contributed by atoms with Gasteiger partial charge in [-0.15, -0.1) is 0 Å². The first-order valence-corrected chi connectivity index (χ1v) is 5.63. The van der Waals surface area contributed by atoms with Crippen LogP contribution in [0, 0.1) is 0 Å². The first-order valence-electron chi connectivity index (χ1n) is 5.25. The Morgan fingerprint density at radius 1 is 1.39 bits per heavy atom. The topological polar surface area (TPSA) is 72.8 Å². The molecule has 0 fully saturated rings. The molecule has 5 nitrogen and oxygen atoms in total. The summed E-state index contributed by atoms with van der Waals surface area (Å²) in [7, 11) is 0. The number of benzene rings is 1. The Labute approximate surface area is 109 Å². The maximum atomic E-state index is 11.3. The minimum atomic E-state index is -1.18. The summed E-state index contributed by atoms with van der Waals surface area (Å²) in [5.41, 5.74) is -0.0974. The highest BCUT2D eigenvalue weighted by Gasteiger charge is 2.14. The highest BCUT2D eigenvalue weighted by molar-refractivity contribution is 6.31. The van der Waals surface area contributed by atoms with Crippen molar-refractivity contribution in [1.82, 2.24) is 0 Å². The molecule has 0 atom stereocenters. The van der Waals surface area contributed by atoms with E-state index in [0.29, 0.717) is 0 Å². The monoisotopic (exact) mass is 272 g/mol. The summed E-state index contributed by atoms with van der Waals surface area (Å²) in [6.45, 7) is 3.08. The molecule has 1 rings (SSSR count). The van der Waals surface area contributed by atoms with Gasteiger partial charge in [-0.1, -0.05) is 11.6 Å². The Kier molecular flexibility index (Phi) is 4.97. The molecule has 0 saturated carbocycles. The zero-order valence-corrected chi connectivity index (χ0v) is 10.7. The molecule has 0 saturated heterocycles. The van der Waals surface area contributed by atoms with Crippen molar-refractivity contribution in [3.8, 4) is 5.75 Å². The van der Waals surface area contributed by atoms with Crippen LogP contribution < -0.4 is 4.74 Å². The minimum Gasteiger partial charge on any atom is -0.481 e. The summed E-state index contributed by atoms with van der Waals surface area (Å²) >= 11 is 5.68. The van der Waals surface area contributed by atoms with Crippen molar-refractivity contribution in [1.29, 1.82) is 0 Å². The molecule has 6 heteroatoms. The number of carboxylic acid groups (broad SMARTS) is 1. The van der Waals surface area contributed by atoms with Crippen LogP contribution in [0.5, 0.6) is 5.75 Å². The minimum absolute atomic E-state index is 0.0765. The molecule has 0 aromatic heterocycles. The summed E-state index contributed by atoms with van der Waals surface area (Å²) in [5, 5.41) is 9.23. The molecule has 0 heterocycles. The van der Waals surface area contributed by atoms with Gasteiger partial charge in [0.25, 0.3) is 0 Å². The number of carbonyl (C=O) groups excluding carboxylic acids is 1. The average molecular weight is 273 g/mol. The summed E-state index contributed by atoms with van der Waals surface area (Å²) < 4.78 is 9.96. The SMILES string of the molecule is CC(C)OC(=O)COc1ccc(Cl)cc1C(=O)O. The maximum absolute atomic E-state index is 11.3. The fraction of sp³-hybridized carbons (Fsp3) is 0.333. The molecule has 0 radical (unpaired) electrons. The van der Waals surface area contributed by atoms with Crippen LogP contribution in [0.4, 0.5) is 0 Å². The number of hydrogen-bond donors (Lipinski definition) is 1. The Bertz CT molecular complexity index is 456. The number of halogens is 1. The van der Waals surface area contributed by atoms with Crippen molar-refractivity contribution >= 4 is 23.5 Å². The van der Waals surface area contributed by atoms with E-state index in [-0.39, 0.29) is 29.0 Å². The highest BCUT2D eigenvalue weighted by atomic mass is 35.5. The van der Waals surface area contributed by atoms with Crippen molar-refractivity contribution in [2.24, 2.45) is 0 Å². The van der Waals surface area contributed by atoms with Gasteiger partial charge in [0.1, 0.15) is 11.3 Å². The van der Waals surface area contributed by atoms with E-state index in [9.17, 15) is 9.59 Å². The molecular weight excluding hydrogens is 260 g/mol. The van der Waals surface area contributed by atoms with Crippen LogP contribution in [-0.4, -0.2) is 29.8 Å². The predicted molar refractivity (Wildman–Crippen MR) is 65.1 cm³/mol. The molecule has 18 heavy (non-hydrogen) atoms. The van der Waals surface area contributed by atoms with Gasteiger partial charge in [-0.25, -0.2) is 9.59 Å². The number of hydrogen-bond acceptors (Lipinski definition) is 4. The van der Waals surface area contributed by atoms with Crippen LogP contribution in [0.25, 0.3) is 0 Å². The number of esters is 1. The first kappa shape index (κ1) is 14.3.